The monoisotopic (exact) mass is 497 g/mol. The molecule has 0 radical (unpaired) electrons. The van der Waals surface area contributed by atoms with Crippen LogP contribution in [0.2, 0.25) is 0 Å². The fraction of sp³-hybridized carbons (Fsp3) is 0.474. The number of sulfonamides is 1. The first-order chi connectivity index (χ1) is 16.0. The van der Waals surface area contributed by atoms with Crippen molar-refractivity contribution >= 4 is 39.4 Å². The van der Waals surface area contributed by atoms with Crippen LogP contribution in [-0.4, -0.2) is 95.1 Å². The highest BCUT2D eigenvalue weighted by Crippen LogP contribution is 2.32. The molecule has 2 saturated heterocycles. The number of para-hydroxylation sites is 1. The van der Waals surface area contributed by atoms with E-state index < -0.39 is 61.9 Å². The van der Waals surface area contributed by atoms with Crippen LogP contribution < -0.4 is 5.32 Å². The number of fused-ring (bicyclic) bond motifs is 1. The van der Waals surface area contributed by atoms with Gasteiger partial charge in [0.1, 0.15) is 12.7 Å². The molecule has 2 aliphatic rings. The Hall–Kier alpha value is -3.59. The summed E-state index contributed by atoms with van der Waals surface area (Å²) in [6.07, 6.45) is -1.57. The fourth-order valence-electron chi connectivity index (χ4n) is 3.89. The lowest BCUT2D eigenvalue weighted by Gasteiger charge is -2.41. The summed E-state index contributed by atoms with van der Waals surface area (Å²) in [6, 6.07) is 4.88. The minimum absolute atomic E-state index is 0.0141. The molecule has 15 heteroatoms. The first-order valence-electron chi connectivity index (χ1n) is 10.3. The number of nitro groups is 1. The summed E-state index contributed by atoms with van der Waals surface area (Å²) in [5.74, 6) is -2.71. The van der Waals surface area contributed by atoms with E-state index in [0.717, 1.165) is 26.2 Å². The highest BCUT2D eigenvalue weighted by atomic mass is 32.2. The second-order valence-electron chi connectivity index (χ2n) is 7.69. The maximum Gasteiger partial charge on any atom is 0.305 e. The number of benzene rings is 1. The van der Waals surface area contributed by atoms with Crippen LogP contribution in [0.3, 0.4) is 0 Å². The lowest BCUT2D eigenvalue weighted by Crippen LogP contribution is -2.58. The lowest BCUT2D eigenvalue weighted by atomic mass is 10.2. The van der Waals surface area contributed by atoms with Crippen LogP contribution in [0.5, 0.6) is 0 Å². The maximum absolute atomic E-state index is 13.4. The van der Waals surface area contributed by atoms with E-state index in [1.54, 1.807) is 0 Å². The predicted octanol–water partition coefficient (Wildman–Crippen LogP) is -1.03. The lowest BCUT2D eigenvalue weighted by molar-refractivity contribution is -0.387. The number of nitro benzene ring substituents is 1. The predicted molar refractivity (Wildman–Crippen MR) is 114 cm³/mol. The van der Waals surface area contributed by atoms with Gasteiger partial charge in [0.25, 0.3) is 15.7 Å². The molecule has 2 heterocycles. The van der Waals surface area contributed by atoms with Gasteiger partial charge in [0.05, 0.1) is 17.9 Å². The van der Waals surface area contributed by atoms with Crippen LogP contribution in [0, 0.1) is 10.1 Å². The molecule has 0 saturated carbocycles. The zero-order valence-electron chi connectivity index (χ0n) is 18.0. The molecule has 1 aromatic rings. The average molecular weight is 497 g/mol. The summed E-state index contributed by atoms with van der Waals surface area (Å²) in [6.45, 7) is -1.23. The van der Waals surface area contributed by atoms with E-state index in [-0.39, 0.29) is 45.4 Å². The van der Waals surface area contributed by atoms with E-state index in [2.05, 4.69) is 5.32 Å². The Morgan fingerprint density at radius 2 is 1.88 bits per heavy atom. The third-order valence-corrected chi connectivity index (χ3v) is 7.46. The van der Waals surface area contributed by atoms with Crippen LogP contribution in [0.4, 0.5) is 5.69 Å². The second-order valence-corrected chi connectivity index (χ2v) is 9.55. The van der Waals surface area contributed by atoms with Crippen LogP contribution in [0.15, 0.2) is 29.2 Å². The smallest absolute Gasteiger partial charge is 0.305 e. The number of carbonyl (C=O) groups is 4. The number of carboxylic acid groups (broad SMARTS) is 1. The molecule has 0 bridgehead atoms. The molecule has 2 N–H and O–H groups in total. The standard InChI is InChI=1S/C19H23N5O9S/c25-15(20-8-5-19(28)29)11-21-9-6-16-22(12-18(21)27)17(26)7-10-23(16)34(32,33)14-4-2-1-3-13(14)24(30)31/h1-4,16H,5-12H2,(H,20,25)(H,28,29). The van der Waals surface area contributed by atoms with Gasteiger partial charge in [-0.2, -0.15) is 4.31 Å². The number of hydrogen-bond acceptors (Lipinski definition) is 8. The number of nitrogens with one attached hydrogen (secondary N) is 1. The number of rotatable bonds is 8. The number of hydrogen-bond donors (Lipinski definition) is 2. The van der Waals surface area contributed by atoms with E-state index >= 15 is 0 Å². The molecule has 2 aliphatic heterocycles. The van der Waals surface area contributed by atoms with E-state index in [1.807, 2.05) is 0 Å². The molecule has 1 atom stereocenters. The first kappa shape index (κ1) is 25.0. The molecular weight excluding hydrogens is 474 g/mol. The van der Waals surface area contributed by atoms with Crippen molar-refractivity contribution in [3.8, 4) is 0 Å². The van der Waals surface area contributed by atoms with Crippen molar-refractivity contribution in [1.82, 2.24) is 19.4 Å². The number of carboxylic acids is 1. The van der Waals surface area contributed by atoms with Gasteiger partial charge in [-0.05, 0) is 6.07 Å². The van der Waals surface area contributed by atoms with Gasteiger partial charge in [-0.25, -0.2) is 8.42 Å². The SMILES string of the molecule is O=C(O)CCNC(=O)CN1CCC2N(CC1=O)C(=O)CCN2S(=O)(=O)c1ccccc1[N+](=O)[O-]. The fourth-order valence-corrected chi connectivity index (χ4v) is 5.67. The molecule has 34 heavy (non-hydrogen) atoms. The third kappa shape index (κ3) is 5.31. The van der Waals surface area contributed by atoms with Gasteiger partial charge in [-0.3, -0.25) is 29.3 Å². The van der Waals surface area contributed by atoms with Crippen LogP contribution in [0.25, 0.3) is 0 Å². The van der Waals surface area contributed by atoms with Crippen LogP contribution in [-0.2, 0) is 29.2 Å². The first-order valence-corrected chi connectivity index (χ1v) is 11.8. The van der Waals surface area contributed by atoms with E-state index in [4.69, 9.17) is 5.11 Å². The van der Waals surface area contributed by atoms with Crippen LogP contribution >= 0.6 is 0 Å². The van der Waals surface area contributed by atoms with Crippen molar-refractivity contribution in [3.63, 3.8) is 0 Å². The van der Waals surface area contributed by atoms with Crippen molar-refractivity contribution in [2.75, 3.05) is 32.7 Å². The zero-order valence-corrected chi connectivity index (χ0v) is 18.8. The Morgan fingerprint density at radius 1 is 1.18 bits per heavy atom. The van der Waals surface area contributed by atoms with Gasteiger partial charge in [-0.15, -0.1) is 0 Å². The van der Waals surface area contributed by atoms with E-state index in [1.165, 1.54) is 12.1 Å². The van der Waals surface area contributed by atoms with Crippen molar-refractivity contribution in [2.45, 2.75) is 30.3 Å². The summed E-state index contributed by atoms with van der Waals surface area (Å²) in [5.41, 5.74) is -0.602. The van der Waals surface area contributed by atoms with Gasteiger partial charge >= 0.3 is 5.97 Å². The highest BCUT2D eigenvalue weighted by Gasteiger charge is 2.45. The van der Waals surface area contributed by atoms with Crippen molar-refractivity contribution in [2.24, 2.45) is 0 Å². The highest BCUT2D eigenvalue weighted by molar-refractivity contribution is 7.89. The van der Waals surface area contributed by atoms with Gasteiger partial charge in [0.2, 0.25) is 17.7 Å². The maximum atomic E-state index is 13.4. The Morgan fingerprint density at radius 3 is 2.56 bits per heavy atom. The number of nitrogens with zero attached hydrogens (tertiary/aromatic N) is 4. The molecule has 0 aromatic heterocycles. The Bertz CT molecular complexity index is 1120. The molecule has 0 spiro atoms. The molecule has 1 unspecified atom stereocenters. The van der Waals surface area contributed by atoms with Crippen molar-refractivity contribution in [3.05, 3.63) is 34.4 Å². The number of amides is 3. The molecule has 0 aliphatic carbocycles. The molecular formula is C19H23N5O9S. The van der Waals surface area contributed by atoms with Gasteiger partial charge in [-0.1, -0.05) is 12.1 Å². The molecule has 184 valence electrons. The van der Waals surface area contributed by atoms with Gasteiger partial charge in [0, 0.05) is 38.5 Å². The van der Waals surface area contributed by atoms with Crippen molar-refractivity contribution < 1.29 is 37.6 Å². The van der Waals surface area contributed by atoms with E-state index in [9.17, 15) is 37.7 Å². The number of aliphatic carboxylic acids is 1. The molecule has 2 fully saturated rings. The van der Waals surface area contributed by atoms with E-state index in [0.29, 0.717) is 0 Å². The minimum atomic E-state index is -4.39. The van der Waals surface area contributed by atoms with Crippen molar-refractivity contribution in [1.29, 1.82) is 0 Å². The molecule has 14 nitrogen and oxygen atoms in total. The summed E-state index contributed by atoms with van der Waals surface area (Å²) >= 11 is 0. The normalized spacial score (nSPS) is 19.4. The van der Waals surface area contributed by atoms with Crippen LogP contribution in [0.1, 0.15) is 19.3 Å². The minimum Gasteiger partial charge on any atom is -0.481 e. The summed E-state index contributed by atoms with van der Waals surface area (Å²) < 4.78 is 27.7. The quantitative estimate of drug-likeness (QED) is 0.334. The zero-order chi connectivity index (χ0) is 25.0. The van der Waals surface area contributed by atoms with Gasteiger partial charge in [0.15, 0.2) is 4.90 Å². The topological polar surface area (TPSA) is 188 Å². The Labute approximate surface area is 194 Å². The summed E-state index contributed by atoms with van der Waals surface area (Å²) in [4.78, 5) is 60.2. The largest absolute Gasteiger partial charge is 0.481 e. The second kappa shape index (κ2) is 10.1. The Balaban J connectivity index is 1.82. The summed E-state index contributed by atoms with van der Waals surface area (Å²) in [7, 11) is -4.39. The average Bonchev–Trinajstić information content (AvgIpc) is 2.93. The molecule has 3 rings (SSSR count). The third-order valence-electron chi connectivity index (χ3n) is 5.52. The Kier molecular flexibility index (Phi) is 7.46. The molecule has 3 amide bonds. The molecule has 1 aromatic carbocycles. The summed E-state index contributed by atoms with van der Waals surface area (Å²) in [5, 5.41) is 22.4. The van der Waals surface area contributed by atoms with Gasteiger partial charge < -0.3 is 20.2 Å². The number of carbonyl (C=O) groups excluding carboxylic acids is 3.